The maximum absolute atomic E-state index is 7.82. The number of amidine groups is 1. The van der Waals surface area contributed by atoms with E-state index in [1.54, 1.807) is 0 Å². The van der Waals surface area contributed by atoms with E-state index in [4.69, 9.17) is 15.9 Å². The number of nitrogen functional groups attached to an aromatic ring is 1. The van der Waals surface area contributed by atoms with Crippen LogP contribution in [0.3, 0.4) is 0 Å². The van der Waals surface area contributed by atoms with Crippen molar-refractivity contribution in [2.45, 2.75) is 39.7 Å². The maximum atomic E-state index is 7.82. The lowest BCUT2D eigenvalue weighted by Crippen LogP contribution is -2.35. The Bertz CT molecular complexity index is 497. The van der Waals surface area contributed by atoms with Gasteiger partial charge in [0.1, 0.15) is 5.84 Å². The first kappa shape index (κ1) is 14.7. The van der Waals surface area contributed by atoms with Crippen LogP contribution in [0.25, 0.3) is 0 Å². The second-order valence-electron chi connectivity index (χ2n) is 5.20. The minimum Gasteiger partial charge on any atom is -0.384 e. The topological polar surface area (TPSA) is 88.1 Å². The van der Waals surface area contributed by atoms with Gasteiger partial charge in [-0.3, -0.25) is 5.41 Å². The van der Waals surface area contributed by atoms with Gasteiger partial charge in [-0.2, -0.15) is 5.10 Å². The molecule has 6 nitrogen and oxygen atoms in total. The third kappa shape index (κ3) is 2.90. The second-order valence-corrected chi connectivity index (χ2v) is 5.20. The number of likely N-dealkylation sites (N-methyl/N-ethyl adjacent to an activating group) is 1. The van der Waals surface area contributed by atoms with E-state index in [1.165, 1.54) is 0 Å². The van der Waals surface area contributed by atoms with Gasteiger partial charge in [0.25, 0.3) is 0 Å². The minimum atomic E-state index is 0.0429. The molecule has 1 fully saturated rings. The first-order valence-corrected chi connectivity index (χ1v) is 7.09. The van der Waals surface area contributed by atoms with Gasteiger partial charge in [-0.25, -0.2) is 0 Å². The molecule has 1 aliphatic heterocycles. The van der Waals surface area contributed by atoms with Crippen LogP contribution >= 0.6 is 0 Å². The number of hydrogen-bond donors (Lipinski definition) is 2. The van der Waals surface area contributed by atoms with E-state index >= 15 is 0 Å². The van der Waals surface area contributed by atoms with Crippen LogP contribution < -0.4 is 10.6 Å². The van der Waals surface area contributed by atoms with Crippen molar-refractivity contribution in [3.63, 3.8) is 0 Å². The van der Waals surface area contributed by atoms with Gasteiger partial charge < -0.3 is 15.4 Å². The molecule has 0 aromatic carbocycles. The Morgan fingerprint density at radius 3 is 2.75 bits per heavy atom. The van der Waals surface area contributed by atoms with E-state index in [2.05, 4.69) is 22.0 Å². The standard InChI is InChI=1S/C14H23N5O/c1-4-19(8-11-6-5-7-20-11)14-12(13(15)16)9(2)10(3)17-18-14/h11H,4-8H2,1-3H3,(H3,15,16). The smallest absolute Gasteiger partial charge is 0.162 e. The van der Waals surface area contributed by atoms with E-state index < -0.39 is 0 Å². The lowest BCUT2D eigenvalue weighted by molar-refractivity contribution is 0.115. The molecule has 20 heavy (non-hydrogen) atoms. The Balaban J connectivity index is 2.33. The summed E-state index contributed by atoms with van der Waals surface area (Å²) in [4.78, 5) is 2.10. The van der Waals surface area contributed by atoms with Crippen LogP contribution in [-0.4, -0.2) is 41.8 Å². The zero-order valence-corrected chi connectivity index (χ0v) is 12.4. The lowest BCUT2D eigenvalue weighted by Gasteiger charge is -2.27. The lowest BCUT2D eigenvalue weighted by atomic mass is 10.1. The fourth-order valence-corrected chi connectivity index (χ4v) is 2.54. The highest BCUT2D eigenvalue weighted by atomic mass is 16.5. The summed E-state index contributed by atoms with van der Waals surface area (Å²) in [7, 11) is 0. The number of ether oxygens (including phenoxy) is 1. The number of nitrogens with zero attached hydrogens (tertiary/aromatic N) is 3. The summed E-state index contributed by atoms with van der Waals surface area (Å²) >= 11 is 0. The van der Waals surface area contributed by atoms with Crippen molar-refractivity contribution < 1.29 is 4.74 Å². The van der Waals surface area contributed by atoms with Crippen LogP contribution in [0.1, 0.15) is 36.6 Å². The van der Waals surface area contributed by atoms with Crippen molar-refractivity contribution in [2.24, 2.45) is 5.73 Å². The van der Waals surface area contributed by atoms with Crippen molar-refractivity contribution >= 4 is 11.7 Å². The van der Waals surface area contributed by atoms with Crippen LogP contribution in [0.15, 0.2) is 0 Å². The normalized spacial score (nSPS) is 18.2. The predicted molar refractivity (Wildman–Crippen MR) is 79.4 cm³/mol. The average Bonchev–Trinajstić information content (AvgIpc) is 2.91. The SMILES string of the molecule is CCN(CC1CCCO1)c1nnc(C)c(C)c1C(=N)N. The highest BCUT2D eigenvalue weighted by Crippen LogP contribution is 2.23. The number of rotatable bonds is 5. The maximum Gasteiger partial charge on any atom is 0.162 e. The zero-order chi connectivity index (χ0) is 14.7. The molecule has 6 heteroatoms. The number of aromatic nitrogens is 2. The van der Waals surface area contributed by atoms with Crippen molar-refractivity contribution in [3.8, 4) is 0 Å². The largest absolute Gasteiger partial charge is 0.384 e. The van der Waals surface area contributed by atoms with Gasteiger partial charge >= 0.3 is 0 Å². The number of aryl methyl sites for hydroxylation is 1. The number of hydrogen-bond acceptors (Lipinski definition) is 5. The second kappa shape index (κ2) is 6.17. The third-order valence-corrected chi connectivity index (χ3v) is 3.83. The third-order valence-electron chi connectivity index (χ3n) is 3.83. The van der Waals surface area contributed by atoms with Crippen LogP contribution in [0.5, 0.6) is 0 Å². The molecule has 0 spiro atoms. The minimum absolute atomic E-state index is 0.0429. The Morgan fingerprint density at radius 1 is 1.45 bits per heavy atom. The van der Waals surface area contributed by atoms with Gasteiger partial charge in [0.2, 0.25) is 0 Å². The molecule has 1 saturated heterocycles. The number of nitrogens with one attached hydrogen (secondary N) is 1. The average molecular weight is 277 g/mol. The summed E-state index contributed by atoms with van der Waals surface area (Å²) in [6.45, 7) is 8.28. The molecule has 1 atom stereocenters. The summed E-state index contributed by atoms with van der Waals surface area (Å²) < 4.78 is 5.69. The molecular formula is C14H23N5O. The summed E-state index contributed by atoms with van der Waals surface area (Å²) in [5.41, 5.74) is 8.17. The first-order chi connectivity index (χ1) is 9.54. The summed E-state index contributed by atoms with van der Waals surface area (Å²) in [5.74, 6) is 0.736. The van der Waals surface area contributed by atoms with Crippen LogP contribution in [0, 0.1) is 19.3 Å². The van der Waals surface area contributed by atoms with E-state index in [-0.39, 0.29) is 11.9 Å². The molecular weight excluding hydrogens is 254 g/mol. The fraction of sp³-hybridized carbons (Fsp3) is 0.643. The molecule has 1 aromatic rings. The molecule has 0 amide bonds. The van der Waals surface area contributed by atoms with Crippen molar-refractivity contribution in [3.05, 3.63) is 16.8 Å². The molecule has 110 valence electrons. The molecule has 1 aromatic heterocycles. The monoisotopic (exact) mass is 277 g/mol. The summed E-state index contributed by atoms with van der Waals surface area (Å²) in [6.07, 6.45) is 2.42. The Labute approximate surface area is 119 Å². The van der Waals surface area contributed by atoms with Crippen LogP contribution in [0.2, 0.25) is 0 Å². The zero-order valence-electron chi connectivity index (χ0n) is 12.4. The van der Waals surface area contributed by atoms with Crippen molar-refractivity contribution in [1.29, 1.82) is 5.41 Å². The highest BCUT2D eigenvalue weighted by Gasteiger charge is 2.23. The van der Waals surface area contributed by atoms with E-state index in [0.717, 1.165) is 43.8 Å². The molecule has 0 saturated carbocycles. The Hall–Kier alpha value is -1.69. The molecule has 3 N–H and O–H groups in total. The first-order valence-electron chi connectivity index (χ1n) is 7.09. The molecule has 0 aliphatic carbocycles. The highest BCUT2D eigenvalue weighted by molar-refractivity contribution is 6.01. The number of nitrogens with two attached hydrogens (primary N) is 1. The molecule has 2 heterocycles. The van der Waals surface area contributed by atoms with Gasteiger partial charge in [0.15, 0.2) is 5.82 Å². The Morgan fingerprint density at radius 2 is 2.20 bits per heavy atom. The van der Waals surface area contributed by atoms with E-state index in [0.29, 0.717) is 11.4 Å². The fourth-order valence-electron chi connectivity index (χ4n) is 2.54. The summed E-state index contributed by atoms with van der Waals surface area (Å²) in [5, 5.41) is 16.3. The van der Waals surface area contributed by atoms with Crippen LogP contribution in [-0.2, 0) is 4.74 Å². The Kier molecular flexibility index (Phi) is 4.54. The quantitative estimate of drug-likeness (QED) is 0.627. The molecule has 1 unspecified atom stereocenters. The number of anilines is 1. The van der Waals surface area contributed by atoms with Gasteiger partial charge in [0.05, 0.1) is 17.4 Å². The van der Waals surface area contributed by atoms with Crippen LogP contribution in [0.4, 0.5) is 5.82 Å². The molecule has 1 aliphatic rings. The van der Waals surface area contributed by atoms with E-state index in [9.17, 15) is 0 Å². The van der Waals surface area contributed by atoms with Gasteiger partial charge in [-0.15, -0.1) is 5.10 Å². The van der Waals surface area contributed by atoms with Crippen molar-refractivity contribution in [1.82, 2.24) is 10.2 Å². The molecule has 2 rings (SSSR count). The molecule has 0 bridgehead atoms. The molecule has 0 radical (unpaired) electrons. The van der Waals surface area contributed by atoms with Gasteiger partial charge in [-0.05, 0) is 39.2 Å². The van der Waals surface area contributed by atoms with Gasteiger partial charge in [0, 0.05) is 19.7 Å². The van der Waals surface area contributed by atoms with Crippen molar-refractivity contribution in [2.75, 3.05) is 24.6 Å². The van der Waals surface area contributed by atoms with Gasteiger partial charge in [-0.1, -0.05) is 0 Å². The summed E-state index contributed by atoms with van der Waals surface area (Å²) in [6, 6.07) is 0. The van der Waals surface area contributed by atoms with E-state index in [1.807, 2.05) is 13.8 Å². The predicted octanol–water partition coefficient (Wildman–Crippen LogP) is 1.38.